The zero-order valence-corrected chi connectivity index (χ0v) is 10.5. The maximum atomic E-state index is 10.4. The summed E-state index contributed by atoms with van der Waals surface area (Å²) in [5.41, 5.74) is 5.35. The van der Waals surface area contributed by atoms with Crippen molar-refractivity contribution in [1.29, 1.82) is 0 Å². The summed E-state index contributed by atoms with van der Waals surface area (Å²) in [4.78, 5) is 10.4. The average Bonchev–Trinajstić information content (AvgIpc) is 2.26. The van der Waals surface area contributed by atoms with Crippen LogP contribution in [0.5, 0.6) is 0 Å². The lowest BCUT2D eigenvalue weighted by atomic mass is 10.2. The summed E-state index contributed by atoms with van der Waals surface area (Å²) in [6.45, 7) is 2.13. The van der Waals surface area contributed by atoms with Gasteiger partial charge >= 0.3 is 5.97 Å². The van der Waals surface area contributed by atoms with E-state index in [4.69, 9.17) is 20.3 Å². The average molecular weight is 251 g/mol. The second-order valence-corrected chi connectivity index (χ2v) is 4.53. The summed E-state index contributed by atoms with van der Waals surface area (Å²) >= 11 is 1.66. The van der Waals surface area contributed by atoms with Gasteiger partial charge in [-0.05, 0) is 18.6 Å². The van der Waals surface area contributed by atoms with E-state index in [1.807, 2.05) is 0 Å². The Kier molecular flexibility index (Phi) is 11.0. The summed E-state index contributed by atoms with van der Waals surface area (Å²) in [6, 6.07) is -0.741. The molecule has 0 rings (SSSR count). The third-order valence-corrected chi connectivity index (χ3v) is 2.88. The number of hydrogen-bond donors (Lipinski definition) is 2. The zero-order valence-electron chi connectivity index (χ0n) is 9.68. The highest BCUT2D eigenvalue weighted by molar-refractivity contribution is 7.99. The van der Waals surface area contributed by atoms with Crippen molar-refractivity contribution in [2.75, 3.05) is 38.4 Å². The number of carbonyl (C=O) groups is 1. The number of ether oxygens (including phenoxy) is 2. The molecule has 0 aromatic heterocycles. The van der Waals surface area contributed by atoms with Gasteiger partial charge in [-0.1, -0.05) is 0 Å². The quantitative estimate of drug-likeness (QED) is 0.523. The van der Waals surface area contributed by atoms with Crippen molar-refractivity contribution < 1.29 is 19.4 Å². The van der Waals surface area contributed by atoms with Gasteiger partial charge in [0.05, 0.1) is 6.61 Å². The van der Waals surface area contributed by atoms with Gasteiger partial charge in [-0.25, -0.2) is 0 Å². The standard InChI is InChI=1S/C10H21NO4S/c1-14-4-2-5-15-6-8-16-7-3-9(11)10(12)13/h9H,2-8,11H2,1H3,(H,12,13). The lowest BCUT2D eigenvalue weighted by Gasteiger charge is -2.06. The van der Waals surface area contributed by atoms with Crippen LogP contribution >= 0.6 is 11.8 Å². The Bertz CT molecular complexity index is 180. The first-order chi connectivity index (χ1) is 7.68. The van der Waals surface area contributed by atoms with Gasteiger partial charge < -0.3 is 20.3 Å². The molecule has 0 aromatic carbocycles. The van der Waals surface area contributed by atoms with Crippen molar-refractivity contribution in [2.45, 2.75) is 18.9 Å². The fraction of sp³-hybridized carbons (Fsp3) is 0.900. The molecule has 96 valence electrons. The van der Waals surface area contributed by atoms with Gasteiger partial charge in [0.25, 0.3) is 0 Å². The highest BCUT2D eigenvalue weighted by Crippen LogP contribution is 2.04. The van der Waals surface area contributed by atoms with E-state index in [0.717, 1.165) is 24.5 Å². The number of carboxylic acids is 1. The van der Waals surface area contributed by atoms with Crippen LogP contribution in [-0.2, 0) is 14.3 Å². The highest BCUT2D eigenvalue weighted by atomic mass is 32.2. The van der Waals surface area contributed by atoms with Crippen LogP contribution in [0.4, 0.5) is 0 Å². The van der Waals surface area contributed by atoms with E-state index in [1.54, 1.807) is 18.9 Å². The Morgan fingerprint density at radius 2 is 2.12 bits per heavy atom. The van der Waals surface area contributed by atoms with Crippen LogP contribution in [0.15, 0.2) is 0 Å². The van der Waals surface area contributed by atoms with Crippen molar-refractivity contribution in [2.24, 2.45) is 5.73 Å². The molecule has 0 fully saturated rings. The minimum atomic E-state index is -0.934. The maximum Gasteiger partial charge on any atom is 0.320 e. The summed E-state index contributed by atoms with van der Waals surface area (Å²) in [6.07, 6.45) is 1.41. The van der Waals surface area contributed by atoms with Crippen LogP contribution < -0.4 is 5.73 Å². The lowest BCUT2D eigenvalue weighted by Crippen LogP contribution is -2.30. The van der Waals surface area contributed by atoms with E-state index in [0.29, 0.717) is 19.6 Å². The topological polar surface area (TPSA) is 81.8 Å². The molecule has 0 radical (unpaired) electrons. The molecule has 0 spiro atoms. The molecule has 6 heteroatoms. The molecule has 0 amide bonds. The van der Waals surface area contributed by atoms with Gasteiger partial charge in [0, 0.05) is 26.1 Å². The number of hydrogen-bond acceptors (Lipinski definition) is 5. The normalized spacial score (nSPS) is 12.6. The molecule has 0 aliphatic carbocycles. The Morgan fingerprint density at radius 1 is 1.38 bits per heavy atom. The van der Waals surface area contributed by atoms with Crippen LogP contribution in [-0.4, -0.2) is 55.6 Å². The number of aliphatic carboxylic acids is 1. The van der Waals surface area contributed by atoms with Gasteiger partial charge in [0.1, 0.15) is 6.04 Å². The van der Waals surface area contributed by atoms with Gasteiger partial charge in [0.15, 0.2) is 0 Å². The van der Waals surface area contributed by atoms with Crippen LogP contribution in [0.1, 0.15) is 12.8 Å². The van der Waals surface area contributed by atoms with Crippen LogP contribution in [0.2, 0.25) is 0 Å². The van der Waals surface area contributed by atoms with E-state index in [-0.39, 0.29) is 0 Å². The lowest BCUT2D eigenvalue weighted by molar-refractivity contribution is -0.138. The molecule has 1 atom stereocenters. The molecule has 3 N–H and O–H groups in total. The van der Waals surface area contributed by atoms with E-state index in [1.165, 1.54) is 0 Å². The first-order valence-electron chi connectivity index (χ1n) is 5.31. The number of nitrogens with two attached hydrogens (primary N) is 1. The largest absolute Gasteiger partial charge is 0.480 e. The first kappa shape index (κ1) is 15.7. The first-order valence-corrected chi connectivity index (χ1v) is 6.46. The number of rotatable bonds is 11. The fourth-order valence-electron chi connectivity index (χ4n) is 0.961. The second-order valence-electron chi connectivity index (χ2n) is 3.30. The molecule has 0 aromatic rings. The van der Waals surface area contributed by atoms with Crippen molar-refractivity contribution in [3.05, 3.63) is 0 Å². The highest BCUT2D eigenvalue weighted by Gasteiger charge is 2.09. The van der Waals surface area contributed by atoms with Crippen LogP contribution in [0, 0.1) is 0 Å². The molecule has 0 saturated heterocycles. The Hall–Kier alpha value is -0.300. The van der Waals surface area contributed by atoms with Gasteiger partial charge in [-0.15, -0.1) is 0 Å². The summed E-state index contributed by atoms with van der Waals surface area (Å²) in [5.74, 6) is 0.699. The predicted octanol–water partition coefficient (Wildman–Crippen LogP) is 0.575. The molecule has 1 unspecified atom stereocenters. The minimum Gasteiger partial charge on any atom is -0.480 e. The SMILES string of the molecule is COCCCOCCSCCC(N)C(=O)O. The van der Waals surface area contributed by atoms with E-state index < -0.39 is 12.0 Å². The Morgan fingerprint density at radius 3 is 2.75 bits per heavy atom. The van der Waals surface area contributed by atoms with Crippen molar-refractivity contribution in [1.82, 2.24) is 0 Å². The molecule has 5 nitrogen and oxygen atoms in total. The van der Waals surface area contributed by atoms with Gasteiger partial charge in [0.2, 0.25) is 0 Å². The van der Waals surface area contributed by atoms with E-state index >= 15 is 0 Å². The van der Waals surface area contributed by atoms with Crippen molar-refractivity contribution >= 4 is 17.7 Å². The smallest absolute Gasteiger partial charge is 0.320 e. The monoisotopic (exact) mass is 251 g/mol. The van der Waals surface area contributed by atoms with Crippen LogP contribution in [0.25, 0.3) is 0 Å². The Labute approximate surface area is 101 Å². The molecule has 0 bridgehead atoms. The van der Waals surface area contributed by atoms with E-state index in [2.05, 4.69) is 0 Å². The second kappa shape index (κ2) is 11.2. The maximum absolute atomic E-state index is 10.4. The molecular weight excluding hydrogens is 230 g/mol. The molecular formula is C10H21NO4S. The predicted molar refractivity (Wildman–Crippen MR) is 64.9 cm³/mol. The summed E-state index contributed by atoms with van der Waals surface area (Å²) in [5, 5.41) is 8.53. The molecule has 0 aliphatic heterocycles. The number of thioether (sulfide) groups is 1. The van der Waals surface area contributed by atoms with Crippen molar-refractivity contribution in [3.63, 3.8) is 0 Å². The summed E-state index contributed by atoms with van der Waals surface area (Å²) < 4.78 is 10.2. The molecule has 0 heterocycles. The van der Waals surface area contributed by atoms with Crippen molar-refractivity contribution in [3.8, 4) is 0 Å². The number of carboxylic acid groups (broad SMARTS) is 1. The number of methoxy groups -OCH3 is 1. The molecule has 0 aliphatic rings. The third-order valence-electron chi connectivity index (χ3n) is 1.90. The third kappa shape index (κ3) is 10.2. The minimum absolute atomic E-state index is 0.504. The summed E-state index contributed by atoms with van der Waals surface area (Å²) in [7, 11) is 1.67. The zero-order chi connectivity index (χ0) is 12.2. The molecule has 0 saturated carbocycles. The van der Waals surface area contributed by atoms with Gasteiger partial charge in [-0.3, -0.25) is 4.79 Å². The van der Waals surface area contributed by atoms with Gasteiger partial charge in [-0.2, -0.15) is 11.8 Å². The van der Waals surface area contributed by atoms with Crippen LogP contribution in [0.3, 0.4) is 0 Å². The Balaban J connectivity index is 3.07. The van der Waals surface area contributed by atoms with E-state index in [9.17, 15) is 4.79 Å². The fourth-order valence-corrected chi connectivity index (χ4v) is 1.82. The molecule has 16 heavy (non-hydrogen) atoms.